The predicted octanol–water partition coefficient (Wildman–Crippen LogP) is 3.17. The minimum Gasteiger partial charge on any atom is -0.382 e. The highest BCUT2D eigenvalue weighted by Crippen LogP contribution is 2.37. The minimum absolute atomic E-state index is 0.523. The van der Waals surface area contributed by atoms with Gasteiger partial charge in [0.15, 0.2) is 0 Å². The molecule has 0 bridgehead atoms. The number of aryl methyl sites for hydroxylation is 2. The number of pyridine rings is 1. The van der Waals surface area contributed by atoms with E-state index in [1.165, 1.54) is 17.5 Å². The van der Waals surface area contributed by atoms with E-state index >= 15 is 0 Å². The Kier molecular flexibility index (Phi) is 2.71. The molecule has 0 fully saturated rings. The van der Waals surface area contributed by atoms with Crippen molar-refractivity contribution in [3.05, 3.63) is 35.8 Å². The number of thiophene rings is 1. The molecule has 4 nitrogen and oxygen atoms in total. The molecule has 0 saturated heterocycles. The van der Waals surface area contributed by atoms with Crippen molar-refractivity contribution in [1.29, 1.82) is 0 Å². The quantitative estimate of drug-likeness (QED) is 0.726. The summed E-state index contributed by atoms with van der Waals surface area (Å²) < 4.78 is 0.920. The van der Waals surface area contributed by atoms with Gasteiger partial charge >= 0.3 is 0 Å². The van der Waals surface area contributed by atoms with E-state index in [0.717, 1.165) is 32.5 Å². The van der Waals surface area contributed by atoms with Crippen LogP contribution in [-0.2, 0) is 6.42 Å². The van der Waals surface area contributed by atoms with Gasteiger partial charge in [0.2, 0.25) is 0 Å². The van der Waals surface area contributed by atoms with Crippen molar-refractivity contribution in [2.24, 2.45) is 0 Å². The molecule has 0 radical (unpaired) electrons. The lowest BCUT2D eigenvalue weighted by Gasteiger charge is -2.08. The van der Waals surface area contributed by atoms with Crippen molar-refractivity contribution >= 4 is 37.6 Å². The lowest BCUT2D eigenvalue weighted by atomic mass is 10.0. The number of nitrogens with two attached hydrogens (primary N) is 1. The van der Waals surface area contributed by atoms with E-state index in [4.69, 9.17) is 5.73 Å². The number of nitrogens with zero attached hydrogens (tertiary/aromatic N) is 3. The van der Waals surface area contributed by atoms with Crippen LogP contribution in [0.1, 0.15) is 16.8 Å². The lowest BCUT2D eigenvalue weighted by Crippen LogP contribution is -1.96. The number of aromatic nitrogens is 3. The molecule has 19 heavy (non-hydrogen) atoms. The first-order chi connectivity index (χ1) is 9.13. The monoisotopic (exact) mass is 270 g/mol. The molecular weight excluding hydrogens is 256 g/mol. The second kappa shape index (κ2) is 4.28. The second-order valence-corrected chi connectivity index (χ2v) is 5.51. The van der Waals surface area contributed by atoms with Gasteiger partial charge in [0.1, 0.15) is 17.0 Å². The minimum atomic E-state index is 0.523. The summed E-state index contributed by atoms with van der Waals surface area (Å²) in [5, 5.41) is 1.09. The van der Waals surface area contributed by atoms with E-state index in [2.05, 4.69) is 28.5 Å². The summed E-state index contributed by atoms with van der Waals surface area (Å²) in [6, 6.07) is 0. The number of hydrogen-bond donors (Lipinski definition) is 1. The third kappa shape index (κ3) is 1.69. The normalized spacial score (nSPS) is 11.3. The summed E-state index contributed by atoms with van der Waals surface area (Å²) in [5.41, 5.74) is 10.3. The highest BCUT2D eigenvalue weighted by atomic mass is 32.1. The fraction of sp³-hybridized carbons (Fsp3) is 0.214. The number of hydrogen-bond acceptors (Lipinski definition) is 5. The van der Waals surface area contributed by atoms with Gasteiger partial charge in [-0.15, -0.1) is 17.9 Å². The third-order valence-corrected chi connectivity index (χ3v) is 4.46. The Balaban J connectivity index is 2.50. The van der Waals surface area contributed by atoms with Crippen LogP contribution < -0.4 is 5.73 Å². The van der Waals surface area contributed by atoms with Crippen LogP contribution in [0.4, 0.5) is 5.82 Å². The van der Waals surface area contributed by atoms with E-state index < -0.39 is 0 Å². The summed E-state index contributed by atoms with van der Waals surface area (Å²) in [7, 11) is 0. The molecule has 2 N–H and O–H groups in total. The van der Waals surface area contributed by atoms with Gasteiger partial charge in [-0.3, -0.25) is 0 Å². The Morgan fingerprint density at radius 3 is 2.89 bits per heavy atom. The zero-order valence-corrected chi connectivity index (χ0v) is 11.7. The molecule has 0 aliphatic carbocycles. The largest absolute Gasteiger partial charge is 0.382 e. The topological polar surface area (TPSA) is 64.7 Å². The molecule has 96 valence electrons. The van der Waals surface area contributed by atoms with Crippen molar-refractivity contribution in [2.75, 3.05) is 5.73 Å². The third-order valence-electron chi connectivity index (χ3n) is 3.36. The molecule has 0 unspecified atom stereocenters. The molecular formula is C14H14N4S. The van der Waals surface area contributed by atoms with Crippen molar-refractivity contribution in [3.8, 4) is 0 Å². The van der Waals surface area contributed by atoms with Crippen LogP contribution in [0.15, 0.2) is 19.0 Å². The first kappa shape index (κ1) is 12.0. The lowest BCUT2D eigenvalue weighted by molar-refractivity contribution is 1.11. The molecule has 3 rings (SSSR count). The zero-order valence-electron chi connectivity index (χ0n) is 10.9. The van der Waals surface area contributed by atoms with Gasteiger partial charge in [-0.1, -0.05) is 6.08 Å². The zero-order chi connectivity index (χ0) is 13.6. The van der Waals surface area contributed by atoms with Gasteiger partial charge in [0, 0.05) is 11.1 Å². The maximum atomic E-state index is 5.92. The molecule has 0 atom stereocenters. The predicted molar refractivity (Wildman–Crippen MR) is 80.5 cm³/mol. The van der Waals surface area contributed by atoms with Crippen LogP contribution in [0, 0.1) is 13.8 Å². The fourth-order valence-corrected chi connectivity index (χ4v) is 3.56. The summed E-state index contributed by atoms with van der Waals surface area (Å²) in [6.45, 7) is 7.96. The van der Waals surface area contributed by atoms with Gasteiger partial charge in [0.05, 0.1) is 10.2 Å². The maximum absolute atomic E-state index is 5.92. The van der Waals surface area contributed by atoms with Crippen molar-refractivity contribution in [2.45, 2.75) is 20.3 Å². The highest BCUT2D eigenvalue weighted by Gasteiger charge is 2.16. The smallest absolute Gasteiger partial charge is 0.144 e. The fourth-order valence-electron chi connectivity index (χ4n) is 2.42. The number of nitrogen functional groups attached to an aromatic ring is 1. The molecule has 3 aromatic rings. The molecule has 0 aliphatic rings. The number of anilines is 1. The van der Waals surface area contributed by atoms with E-state index in [1.807, 2.05) is 13.0 Å². The molecule has 0 aromatic carbocycles. The molecule has 0 aliphatic heterocycles. The number of allylic oxidation sites excluding steroid dienone is 1. The number of fused-ring (bicyclic) bond motifs is 3. The van der Waals surface area contributed by atoms with Gasteiger partial charge in [-0.05, 0) is 31.4 Å². The SMILES string of the molecule is C=CCc1c(C)nc2sc3c(N)ncnc3c2c1C. The molecule has 3 aromatic heterocycles. The van der Waals surface area contributed by atoms with Crippen LogP contribution >= 0.6 is 11.3 Å². The molecule has 0 spiro atoms. The van der Waals surface area contributed by atoms with Crippen LogP contribution in [0.2, 0.25) is 0 Å². The number of rotatable bonds is 2. The summed E-state index contributed by atoms with van der Waals surface area (Å²) >= 11 is 1.56. The van der Waals surface area contributed by atoms with Gasteiger partial charge in [0.25, 0.3) is 0 Å². The van der Waals surface area contributed by atoms with Gasteiger partial charge < -0.3 is 5.73 Å². The summed E-state index contributed by atoms with van der Waals surface area (Å²) in [5.74, 6) is 0.523. The van der Waals surface area contributed by atoms with E-state index in [1.54, 1.807) is 11.3 Å². The van der Waals surface area contributed by atoms with Crippen molar-refractivity contribution in [3.63, 3.8) is 0 Å². The van der Waals surface area contributed by atoms with Crippen molar-refractivity contribution < 1.29 is 0 Å². The Bertz CT molecular complexity index is 804. The average Bonchev–Trinajstić information content (AvgIpc) is 2.74. The van der Waals surface area contributed by atoms with E-state index in [0.29, 0.717) is 5.82 Å². The standard InChI is InChI=1S/C14H14N4S/c1-4-5-9-7(2)10-11-12(13(15)17-6-16-11)19-14(10)18-8(9)3/h4,6H,1,5H2,2-3H3,(H2,15,16,17). The Labute approximate surface area is 115 Å². The van der Waals surface area contributed by atoms with Crippen LogP contribution in [-0.4, -0.2) is 15.0 Å². The van der Waals surface area contributed by atoms with Crippen molar-refractivity contribution in [1.82, 2.24) is 15.0 Å². The van der Waals surface area contributed by atoms with Gasteiger partial charge in [-0.25, -0.2) is 15.0 Å². The first-order valence-corrected chi connectivity index (χ1v) is 6.84. The Morgan fingerprint density at radius 2 is 2.16 bits per heavy atom. The molecule has 0 saturated carbocycles. The maximum Gasteiger partial charge on any atom is 0.144 e. The van der Waals surface area contributed by atoms with E-state index in [-0.39, 0.29) is 0 Å². The van der Waals surface area contributed by atoms with Gasteiger partial charge in [-0.2, -0.15) is 0 Å². The molecule has 3 heterocycles. The second-order valence-electron chi connectivity index (χ2n) is 4.51. The summed E-state index contributed by atoms with van der Waals surface area (Å²) in [6.07, 6.45) is 4.23. The Morgan fingerprint density at radius 1 is 1.37 bits per heavy atom. The summed E-state index contributed by atoms with van der Waals surface area (Å²) in [4.78, 5) is 14.1. The van der Waals surface area contributed by atoms with Crippen LogP contribution in [0.3, 0.4) is 0 Å². The molecule has 0 amide bonds. The van der Waals surface area contributed by atoms with E-state index in [9.17, 15) is 0 Å². The average molecular weight is 270 g/mol. The Hall–Kier alpha value is -2.01. The molecule has 5 heteroatoms. The van der Waals surface area contributed by atoms with Crippen LogP contribution in [0.25, 0.3) is 20.4 Å². The highest BCUT2D eigenvalue weighted by molar-refractivity contribution is 7.25. The van der Waals surface area contributed by atoms with Crippen LogP contribution in [0.5, 0.6) is 0 Å². The first-order valence-electron chi connectivity index (χ1n) is 6.03.